The summed E-state index contributed by atoms with van der Waals surface area (Å²) in [7, 11) is 0. The number of anilines is 3. The minimum atomic E-state index is 1.11. The highest BCUT2D eigenvalue weighted by molar-refractivity contribution is 7.26. The molecule has 11 aromatic rings. The van der Waals surface area contributed by atoms with Gasteiger partial charge in [0.2, 0.25) is 0 Å². The quantitative estimate of drug-likeness (QED) is 0.161. The minimum absolute atomic E-state index is 1.11. The maximum absolute atomic E-state index is 2.43. The van der Waals surface area contributed by atoms with Gasteiger partial charge in [0, 0.05) is 37.1 Å². The molecule has 1 nitrogen and oxygen atoms in total. The number of rotatable bonds is 5. The van der Waals surface area contributed by atoms with E-state index in [1.807, 2.05) is 11.3 Å². The normalized spacial score (nSPS) is 11.7. The first-order valence-electron chi connectivity index (χ1n) is 18.5. The molecule has 0 N–H and O–H groups in total. The van der Waals surface area contributed by atoms with Crippen LogP contribution in [0.3, 0.4) is 0 Å². The van der Waals surface area contributed by atoms with Crippen molar-refractivity contribution in [2.24, 2.45) is 0 Å². The molecule has 0 saturated carbocycles. The molecular formula is C52H33NS. The molecule has 1 aromatic heterocycles. The molecule has 252 valence electrons. The van der Waals surface area contributed by atoms with Crippen LogP contribution in [-0.2, 0) is 0 Å². The third-order valence-electron chi connectivity index (χ3n) is 11.0. The predicted molar refractivity (Wildman–Crippen MR) is 235 cm³/mol. The van der Waals surface area contributed by atoms with Crippen LogP contribution in [-0.4, -0.2) is 0 Å². The number of thiophene rings is 1. The third kappa shape index (κ3) is 4.92. The van der Waals surface area contributed by atoms with Gasteiger partial charge in [-0.1, -0.05) is 158 Å². The van der Waals surface area contributed by atoms with Crippen LogP contribution in [0.15, 0.2) is 200 Å². The van der Waals surface area contributed by atoms with Crippen molar-refractivity contribution in [3.05, 3.63) is 200 Å². The first-order chi connectivity index (χ1) is 26.8. The monoisotopic (exact) mass is 703 g/mol. The highest BCUT2D eigenvalue weighted by atomic mass is 32.1. The Morgan fingerprint density at radius 1 is 0.315 bits per heavy atom. The van der Waals surface area contributed by atoms with Crippen molar-refractivity contribution >= 4 is 91.7 Å². The van der Waals surface area contributed by atoms with Gasteiger partial charge in [-0.05, 0) is 102 Å². The molecule has 10 aromatic carbocycles. The van der Waals surface area contributed by atoms with Crippen molar-refractivity contribution in [2.45, 2.75) is 0 Å². The fraction of sp³-hybridized carbons (Fsp3) is 0. The molecule has 0 bridgehead atoms. The predicted octanol–water partition coefficient (Wildman–Crippen LogP) is 15.5. The van der Waals surface area contributed by atoms with Crippen molar-refractivity contribution in [3.8, 4) is 22.3 Å². The van der Waals surface area contributed by atoms with Gasteiger partial charge in [0.1, 0.15) is 0 Å². The lowest BCUT2D eigenvalue weighted by Gasteiger charge is -2.28. The Morgan fingerprint density at radius 2 is 0.907 bits per heavy atom. The fourth-order valence-corrected chi connectivity index (χ4v) is 9.69. The van der Waals surface area contributed by atoms with Crippen LogP contribution in [0, 0.1) is 0 Å². The van der Waals surface area contributed by atoms with Crippen molar-refractivity contribution in [2.75, 3.05) is 4.90 Å². The SMILES string of the molecule is c1ccc(-c2ccccc2N(c2ccc(-c3cc4ccc5ccccc5c4c4ccccc34)cc2)c2ccc3c(c2)sc2ccc4ccccc4c23)cc1. The van der Waals surface area contributed by atoms with E-state index in [4.69, 9.17) is 0 Å². The zero-order valence-electron chi connectivity index (χ0n) is 29.4. The summed E-state index contributed by atoms with van der Waals surface area (Å²) in [6, 6.07) is 73.4. The Balaban J connectivity index is 1.10. The van der Waals surface area contributed by atoms with E-state index in [9.17, 15) is 0 Å². The van der Waals surface area contributed by atoms with Gasteiger partial charge in [-0.3, -0.25) is 0 Å². The Morgan fingerprint density at radius 3 is 1.70 bits per heavy atom. The Bertz CT molecular complexity index is 3210. The summed E-state index contributed by atoms with van der Waals surface area (Å²) in [5.74, 6) is 0. The molecule has 0 fully saturated rings. The first-order valence-corrected chi connectivity index (χ1v) is 19.3. The third-order valence-corrected chi connectivity index (χ3v) is 12.1. The van der Waals surface area contributed by atoms with Crippen LogP contribution in [0.25, 0.3) is 85.5 Å². The molecule has 54 heavy (non-hydrogen) atoms. The molecule has 0 saturated heterocycles. The minimum Gasteiger partial charge on any atom is -0.310 e. The van der Waals surface area contributed by atoms with Crippen LogP contribution < -0.4 is 4.90 Å². The number of nitrogens with zero attached hydrogens (tertiary/aromatic N) is 1. The molecular weight excluding hydrogens is 671 g/mol. The largest absolute Gasteiger partial charge is 0.310 e. The smallest absolute Gasteiger partial charge is 0.0540 e. The molecule has 0 unspecified atom stereocenters. The Labute approximate surface area is 317 Å². The number of hydrogen-bond acceptors (Lipinski definition) is 2. The van der Waals surface area contributed by atoms with Gasteiger partial charge in [0.15, 0.2) is 0 Å². The zero-order chi connectivity index (χ0) is 35.6. The molecule has 11 rings (SSSR count). The lowest BCUT2D eigenvalue weighted by molar-refractivity contribution is 1.29. The zero-order valence-corrected chi connectivity index (χ0v) is 30.2. The van der Waals surface area contributed by atoms with Crippen molar-refractivity contribution < 1.29 is 0 Å². The standard InChI is InChI=1S/C52H33NS/c1-2-12-34(13-3-1)41-16-10-11-21-48(41)53(40-29-30-46-50(33-40)54-49-31-26-36-15-5-7-18-43(36)52(46)49)39-27-24-37(25-28-39)47-32-38-23-22-35-14-4-6-17-42(35)51(38)45-20-9-8-19-44(45)47/h1-33H. The summed E-state index contributed by atoms with van der Waals surface area (Å²) < 4.78 is 2.60. The number of fused-ring (bicyclic) bond motifs is 10. The number of hydrogen-bond donors (Lipinski definition) is 0. The van der Waals surface area contributed by atoms with Gasteiger partial charge in [-0.25, -0.2) is 0 Å². The van der Waals surface area contributed by atoms with E-state index < -0.39 is 0 Å². The lowest BCUT2D eigenvalue weighted by atomic mass is 9.90. The van der Waals surface area contributed by atoms with Crippen LogP contribution in [0.1, 0.15) is 0 Å². The highest BCUT2D eigenvalue weighted by Gasteiger charge is 2.20. The summed E-state index contributed by atoms with van der Waals surface area (Å²) >= 11 is 1.87. The van der Waals surface area contributed by atoms with Gasteiger partial charge < -0.3 is 4.90 Å². The van der Waals surface area contributed by atoms with Crippen LogP contribution >= 0.6 is 11.3 Å². The van der Waals surface area contributed by atoms with Crippen LogP contribution in [0.5, 0.6) is 0 Å². The van der Waals surface area contributed by atoms with Gasteiger partial charge in [-0.2, -0.15) is 0 Å². The van der Waals surface area contributed by atoms with Gasteiger partial charge in [0.05, 0.1) is 5.69 Å². The summed E-state index contributed by atoms with van der Waals surface area (Å²) in [6.45, 7) is 0. The van der Waals surface area contributed by atoms with Crippen LogP contribution in [0.4, 0.5) is 17.1 Å². The highest BCUT2D eigenvalue weighted by Crippen LogP contribution is 2.46. The molecule has 0 amide bonds. The fourth-order valence-electron chi connectivity index (χ4n) is 8.54. The Hall–Kier alpha value is -6.74. The molecule has 0 radical (unpaired) electrons. The summed E-state index contributed by atoms with van der Waals surface area (Å²) in [6.07, 6.45) is 0. The summed E-state index contributed by atoms with van der Waals surface area (Å²) in [5, 5.41) is 12.9. The lowest BCUT2D eigenvalue weighted by Crippen LogP contribution is -2.11. The second kappa shape index (κ2) is 12.4. The van der Waals surface area contributed by atoms with Crippen molar-refractivity contribution in [1.82, 2.24) is 0 Å². The maximum atomic E-state index is 2.43. The second-order valence-corrected chi connectivity index (χ2v) is 15.1. The van der Waals surface area contributed by atoms with E-state index in [2.05, 4.69) is 205 Å². The first kappa shape index (κ1) is 30.8. The molecule has 0 aliphatic heterocycles. The van der Waals surface area contributed by atoms with E-state index in [1.165, 1.54) is 85.5 Å². The molecule has 0 atom stereocenters. The van der Waals surface area contributed by atoms with Gasteiger partial charge in [-0.15, -0.1) is 11.3 Å². The Kier molecular flexibility index (Phi) is 7.11. The van der Waals surface area contributed by atoms with E-state index >= 15 is 0 Å². The summed E-state index contributed by atoms with van der Waals surface area (Å²) in [5.41, 5.74) is 8.23. The van der Waals surface area contributed by atoms with E-state index in [1.54, 1.807) is 0 Å². The van der Waals surface area contributed by atoms with E-state index in [-0.39, 0.29) is 0 Å². The average molecular weight is 704 g/mol. The van der Waals surface area contributed by atoms with Gasteiger partial charge in [0.25, 0.3) is 0 Å². The average Bonchev–Trinajstić information content (AvgIpc) is 3.63. The van der Waals surface area contributed by atoms with E-state index in [0.717, 1.165) is 17.1 Å². The van der Waals surface area contributed by atoms with Gasteiger partial charge >= 0.3 is 0 Å². The van der Waals surface area contributed by atoms with E-state index in [0.29, 0.717) is 0 Å². The molecule has 0 spiro atoms. The molecule has 0 aliphatic carbocycles. The molecule has 1 heterocycles. The van der Waals surface area contributed by atoms with Crippen molar-refractivity contribution in [1.29, 1.82) is 0 Å². The molecule has 0 aliphatic rings. The second-order valence-electron chi connectivity index (χ2n) is 14.1. The van der Waals surface area contributed by atoms with Crippen molar-refractivity contribution in [3.63, 3.8) is 0 Å². The molecule has 2 heteroatoms. The number of benzene rings is 10. The topological polar surface area (TPSA) is 3.24 Å². The number of para-hydroxylation sites is 1. The summed E-state index contributed by atoms with van der Waals surface area (Å²) in [4.78, 5) is 2.43. The maximum Gasteiger partial charge on any atom is 0.0540 e. The van der Waals surface area contributed by atoms with Crippen LogP contribution in [0.2, 0.25) is 0 Å².